The molecule has 1 aliphatic carbocycles. The molecule has 0 fully saturated rings. The second-order valence-electron chi connectivity index (χ2n) is 18.0. The molecule has 0 unspecified atom stereocenters. The van der Waals surface area contributed by atoms with Gasteiger partial charge in [-0.3, -0.25) is 0 Å². The van der Waals surface area contributed by atoms with Crippen LogP contribution < -0.4 is 9.80 Å². The van der Waals surface area contributed by atoms with Crippen LogP contribution in [0, 0.1) is 13.8 Å². The van der Waals surface area contributed by atoms with Crippen LogP contribution >= 0.6 is 0 Å². The summed E-state index contributed by atoms with van der Waals surface area (Å²) in [5, 5.41) is 5.19. The summed E-state index contributed by atoms with van der Waals surface area (Å²) in [4.78, 5) is 4.94. The standard InChI is InChI=1S/C53H52N2Si2/c1-37-21-15-19-29-49(37)54(41-23-11-9-12-24-41)43-32-31-39-34-46-47(35-40(39)33-43)53(56(3,4)5,57(6,7)8)48-36-51(44-27-17-18-28-45(44)52(46)48)55(42-25-13-10-14-26-42)50-30-20-16-22-38(50)2/h9-36H,1-8H3. The van der Waals surface area contributed by atoms with Crippen molar-refractivity contribution in [3.05, 3.63) is 192 Å². The SMILES string of the molecule is Cc1ccccc1N(c1ccccc1)c1ccc2cc3c(cc2c1)C([Si](C)(C)C)([Si](C)(C)C)c1cc(N(c2ccccc2)c2ccccc2C)c2ccccc2c1-3. The second-order valence-corrected chi connectivity index (χ2v) is 29.0. The summed E-state index contributed by atoms with van der Waals surface area (Å²) in [5.74, 6) is 0. The lowest BCUT2D eigenvalue weighted by Crippen LogP contribution is -2.63. The minimum Gasteiger partial charge on any atom is -0.310 e. The number of fused-ring (bicyclic) bond motifs is 6. The molecule has 0 N–H and O–H groups in total. The molecule has 2 nitrogen and oxygen atoms in total. The highest BCUT2D eigenvalue weighted by molar-refractivity contribution is 6.99. The van der Waals surface area contributed by atoms with E-state index >= 15 is 0 Å². The Balaban J connectivity index is 1.36. The van der Waals surface area contributed by atoms with Crippen molar-refractivity contribution < 1.29 is 0 Å². The number of hydrogen-bond donors (Lipinski definition) is 0. The van der Waals surface area contributed by atoms with Gasteiger partial charge in [-0.25, -0.2) is 0 Å². The Hall–Kier alpha value is -5.69. The first-order valence-corrected chi connectivity index (χ1v) is 27.4. The first kappa shape index (κ1) is 36.9. The lowest BCUT2D eigenvalue weighted by Gasteiger charge is -2.51. The van der Waals surface area contributed by atoms with Crippen LogP contribution in [0.4, 0.5) is 34.1 Å². The largest absolute Gasteiger partial charge is 0.310 e. The topological polar surface area (TPSA) is 6.48 Å². The molecule has 4 heteroatoms. The lowest BCUT2D eigenvalue weighted by atomic mass is 9.94. The first-order valence-electron chi connectivity index (χ1n) is 20.4. The Bertz CT molecular complexity index is 2780. The minimum atomic E-state index is -2.03. The molecule has 0 bridgehead atoms. The van der Waals surface area contributed by atoms with E-state index in [-0.39, 0.29) is 4.66 Å². The number of rotatable bonds is 8. The van der Waals surface area contributed by atoms with Gasteiger partial charge >= 0.3 is 0 Å². The smallest absolute Gasteiger partial charge is 0.0579 e. The highest BCUT2D eigenvalue weighted by Crippen LogP contribution is 2.61. The van der Waals surface area contributed by atoms with Crippen molar-refractivity contribution in [2.24, 2.45) is 0 Å². The molecule has 0 saturated carbocycles. The number of nitrogens with zero attached hydrogens (tertiary/aromatic N) is 2. The summed E-state index contributed by atoms with van der Waals surface area (Å²) < 4.78 is -0.0587. The zero-order valence-corrected chi connectivity index (χ0v) is 36.6. The molecule has 0 aliphatic heterocycles. The Morgan fingerprint density at radius 2 is 0.895 bits per heavy atom. The van der Waals surface area contributed by atoms with Crippen LogP contribution in [0.1, 0.15) is 22.3 Å². The molecule has 8 aromatic rings. The highest BCUT2D eigenvalue weighted by Gasteiger charge is 2.59. The zero-order chi connectivity index (χ0) is 39.7. The highest BCUT2D eigenvalue weighted by atomic mass is 28.4. The third kappa shape index (κ3) is 5.80. The summed E-state index contributed by atoms with van der Waals surface area (Å²) in [7, 11) is -4.06. The maximum Gasteiger partial charge on any atom is 0.0579 e. The van der Waals surface area contributed by atoms with E-state index in [0.29, 0.717) is 0 Å². The lowest BCUT2D eigenvalue weighted by molar-refractivity contribution is 0.954. The molecule has 282 valence electrons. The van der Waals surface area contributed by atoms with Gasteiger partial charge in [-0.15, -0.1) is 0 Å². The van der Waals surface area contributed by atoms with Crippen LogP contribution in [0.3, 0.4) is 0 Å². The molecule has 0 aromatic heterocycles. The predicted octanol–water partition coefficient (Wildman–Crippen LogP) is 15.6. The quantitative estimate of drug-likeness (QED) is 0.142. The Labute approximate surface area is 341 Å². The minimum absolute atomic E-state index is 0.0587. The van der Waals surface area contributed by atoms with Gasteiger partial charge in [-0.2, -0.15) is 0 Å². The van der Waals surface area contributed by atoms with Crippen molar-refractivity contribution in [1.82, 2.24) is 0 Å². The fourth-order valence-electron chi connectivity index (χ4n) is 10.6. The van der Waals surface area contributed by atoms with Crippen LogP contribution in [0.15, 0.2) is 170 Å². The van der Waals surface area contributed by atoms with Gasteiger partial charge in [0, 0.05) is 38.5 Å². The predicted molar refractivity (Wildman–Crippen MR) is 253 cm³/mol. The van der Waals surface area contributed by atoms with E-state index in [1.165, 1.54) is 83.4 Å². The molecule has 9 rings (SSSR count). The summed E-state index contributed by atoms with van der Waals surface area (Å²) in [6.07, 6.45) is 0. The van der Waals surface area contributed by atoms with Crippen LogP contribution in [0.5, 0.6) is 0 Å². The van der Waals surface area contributed by atoms with Gasteiger partial charge < -0.3 is 9.80 Å². The average Bonchev–Trinajstić information content (AvgIpc) is 3.50. The number of anilines is 6. The van der Waals surface area contributed by atoms with Crippen LogP contribution in [0.2, 0.25) is 39.3 Å². The van der Waals surface area contributed by atoms with Crippen molar-refractivity contribution in [2.45, 2.75) is 57.8 Å². The summed E-state index contributed by atoms with van der Waals surface area (Å²) in [5.41, 5.74) is 15.6. The van der Waals surface area contributed by atoms with Crippen molar-refractivity contribution in [2.75, 3.05) is 9.80 Å². The maximum absolute atomic E-state index is 2.64. The van der Waals surface area contributed by atoms with Gasteiger partial charge in [0.05, 0.1) is 21.8 Å². The molecule has 0 amide bonds. The van der Waals surface area contributed by atoms with Crippen LogP contribution in [-0.2, 0) is 4.66 Å². The third-order valence-corrected chi connectivity index (χ3v) is 22.6. The Morgan fingerprint density at radius 3 is 1.47 bits per heavy atom. The third-order valence-electron chi connectivity index (χ3n) is 12.6. The van der Waals surface area contributed by atoms with Gasteiger partial charge in [-0.05, 0) is 124 Å². The second kappa shape index (κ2) is 13.8. The first-order chi connectivity index (χ1) is 27.4. The van der Waals surface area contributed by atoms with Gasteiger partial charge in [0.2, 0.25) is 0 Å². The van der Waals surface area contributed by atoms with E-state index in [4.69, 9.17) is 0 Å². The fraction of sp³-hybridized carbons (Fsp3) is 0.170. The van der Waals surface area contributed by atoms with Gasteiger partial charge in [-0.1, -0.05) is 148 Å². The van der Waals surface area contributed by atoms with Crippen molar-refractivity contribution in [3.63, 3.8) is 0 Å². The van der Waals surface area contributed by atoms with E-state index in [2.05, 4.69) is 233 Å². The molecule has 8 aromatic carbocycles. The van der Waals surface area contributed by atoms with Crippen molar-refractivity contribution >= 4 is 71.8 Å². The molecule has 1 aliphatic rings. The summed E-state index contributed by atoms with van der Waals surface area (Å²) in [6.45, 7) is 20.2. The molecule has 0 heterocycles. The number of benzene rings is 8. The monoisotopic (exact) mass is 772 g/mol. The Kier molecular flexibility index (Phi) is 8.91. The van der Waals surface area contributed by atoms with Gasteiger partial charge in [0.1, 0.15) is 0 Å². The van der Waals surface area contributed by atoms with E-state index in [9.17, 15) is 0 Å². The van der Waals surface area contributed by atoms with Gasteiger partial charge in [0.15, 0.2) is 0 Å². The van der Waals surface area contributed by atoms with E-state index < -0.39 is 16.1 Å². The van der Waals surface area contributed by atoms with Crippen molar-refractivity contribution in [1.29, 1.82) is 0 Å². The van der Waals surface area contributed by atoms with E-state index in [1.807, 2.05) is 0 Å². The molecule has 0 spiro atoms. The molecular weight excluding hydrogens is 721 g/mol. The van der Waals surface area contributed by atoms with E-state index in [0.717, 1.165) is 5.69 Å². The Morgan fingerprint density at radius 1 is 0.386 bits per heavy atom. The average molecular weight is 773 g/mol. The molecule has 57 heavy (non-hydrogen) atoms. The number of aryl methyl sites for hydroxylation is 2. The van der Waals surface area contributed by atoms with E-state index in [1.54, 1.807) is 0 Å². The summed E-state index contributed by atoms with van der Waals surface area (Å²) in [6, 6.07) is 63.5. The molecule has 0 atom stereocenters. The fourth-order valence-corrected chi connectivity index (χ4v) is 23.6. The van der Waals surface area contributed by atoms with Crippen LogP contribution in [-0.4, -0.2) is 16.1 Å². The van der Waals surface area contributed by atoms with Gasteiger partial charge in [0.25, 0.3) is 0 Å². The molecular formula is C53H52N2Si2. The molecule has 0 radical (unpaired) electrons. The van der Waals surface area contributed by atoms with Crippen LogP contribution in [0.25, 0.3) is 32.7 Å². The van der Waals surface area contributed by atoms with Crippen molar-refractivity contribution in [3.8, 4) is 11.1 Å². The summed E-state index contributed by atoms with van der Waals surface area (Å²) >= 11 is 0. The molecule has 0 saturated heterocycles. The zero-order valence-electron chi connectivity index (χ0n) is 34.6. The number of para-hydroxylation sites is 4. The number of hydrogen-bond acceptors (Lipinski definition) is 2. The normalized spacial score (nSPS) is 13.4. The maximum atomic E-state index is 2.64.